The van der Waals surface area contributed by atoms with Gasteiger partial charge >= 0.3 is 0 Å². The van der Waals surface area contributed by atoms with E-state index in [1.54, 1.807) is 12.5 Å². The molecule has 0 saturated carbocycles. The predicted octanol–water partition coefficient (Wildman–Crippen LogP) is 0.277. The lowest BCUT2D eigenvalue weighted by Gasteiger charge is -2.32. The Bertz CT molecular complexity index is 568. The quantitative estimate of drug-likeness (QED) is 0.585. The molecule has 94 valence electrons. The summed E-state index contributed by atoms with van der Waals surface area (Å²) < 4.78 is 1.86. The number of piperidine rings is 1. The summed E-state index contributed by atoms with van der Waals surface area (Å²) in [7, 11) is 0. The lowest BCUT2D eigenvalue weighted by Crippen LogP contribution is -2.38. The maximum absolute atomic E-state index is 7.48. The molecule has 0 amide bonds. The van der Waals surface area contributed by atoms with Crippen LogP contribution in [0.4, 0.5) is 5.82 Å². The third-order valence-corrected chi connectivity index (χ3v) is 3.43. The van der Waals surface area contributed by atoms with E-state index >= 15 is 0 Å². The van der Waals surface area contributed by atoms with Crippen molar-refractivity contribution in [1.29, 1.82) is 5.41 Å². The molecule has 1 aliphatic rings. The van der Waals surface area contributed by atoms with Gasteiger partial charge in [-0.2, -0.15) is 0 Å². The van der Waals surface area contributed by atoms with Crippen LogP contribution in [0.25, 0.3) is 5.65 Å². The molecule has 7 nitrogen and oxygen atoms in total. The van der Waals surface area contributed by atoms with Crippen molar-refractivity contribution in [1.82, 2.24) is 19.6 Å². The molecule has 3 rings (SSSR count). The third-order valence-electron chi connectivity index (χ3n) is 3.43. The van der Waals surface area contributed by atoms with Crippen LogP contribution in [0, 0.1) is 11.3 Å². The van der Waals surface area contributed by atoms with Crippen LogP contribution < -0.4 is 10.6 Å². The number of nitrogens with two attached hydrogens (primary N) is 1. The Morgan fingerprint density at radius 1 is 1.39 bits per heavy atom. The Labute approximate surface area is 104 Å². The van der Waals surface area contributed by atoms with Crippen LogP contribution in [0.2, 0.25) is 0 Å². The fourth-order valence-corrected chi connectivity index (χ4v) is 2.37. The van der Waals surface area contributed by atoms with Gasteiger partial charge < -0.3 is 10.6 Å². The highest BCUT2D eigenvalue weighted by Crippen LogP contribution is 2.23. The first-order valence-corrected chi connectivity index (χ1v) is 5.99. The Balaban J connectivity index is 1.84. The van der Waals surface area contributed by atoms with Crippen molar-refractivity contribution in [2.24, 2.45) is 11.7 Å². The summed E-state index contributed by atoms with van der Waals surface area (Å²) in [5.74, 6) is 1.36. The van der Waals surface area contributed by atoms with E-state index in [1.807, 2.05) is 10.6 Å². The van der Waals surface area contributed by atoms with Crippen molar-refractivity contribution in [3.63, 3.8) is 0 Å². The zero-order valence-electron chi connectivity index (χ0n) is 9.95. The van der Waals surface area contributed by atoms with Crippen LogP contribution >= 0.6 is 0 Å². The highest BCUT2D eigenvalue weighted by molar-refractivity contribution is 5.80. The van der Waals surface area contributed by atoms with E-state index in [-0.39, 0.29) is 5.92 Å². The highest BCUT2D eigenvalue weighted by Gasteiger charge is 2.23. The SMILES string of the molecule is N=C(N)C1CCN(c2nccn3cnnc23)CC1. The molecule has 3 N–H and O–H groups in total. The van der Waals surface area contributed by atoms with Gasteiger partial charge in [0.15, 0.2) is 5.82 Å². The molecule has 7 heteroatoms. The van der Waals surface area contributed by atoms with Gasteiger partial charge in [0.05, 0.1) is 5.84 Å². The summed E-state index contributed by atoms with van der Waals surface area (Å²) in [4.78, 5) is 6.57. The number of anilines is 1. The summed E-state index contributed by atoms with van der Waals surface area (Å²) in [6, 6.07) is 0. The average molecular weight is 245 g/mol. The van der Waals surface area contributed by atoms with E-state index in [4.69, 9.17) is 11.1 Å². The second-order valence-electron chi connectivity index (χ2n) is 4.53. The van der Waals surface area contributed by atoms with Gasteiger partial charge in [0.25, 0.3) is 0 Å². The van der Waals surface area contributed by atoms with Gasteiger partial charge in [0.2, 0.25) is 5.65 Å². The van der Waals surface area contributed by atoms with Crippen molar-refractivity contribution in [2.45, 2.75) is 12.8 Å². The zero-order chi connectivity index (χ0) is 12.5. The molecule has 1 fully saturated rings. The molecule has 1 saturated heterocycles. The van der Waals surface area contributed by atoms with Crippen molar-refractivity contribution in [2.75, 3.05) is 18.0 Å². The first-order valence-electron chi connectivity index (χ1n) is 5.99. The lowest BCUT2D eigenvalue weighted by atomic mass is 9.96. The number of nitrogens with zero attached hydrogens (tertiary/aromatic N) is 5. The Hall–Kier alpha value is -2.18. The number of hydrogen-bond acceptors (Lipinski definition) is 5. The molecule has 2 aromatic heterocycles. The molecule has 0 bridgehead atoms. The molecule has 1 aliphatic heterocycles. The lowest BCUT2D eigenvalue weighted by molar-refractivity contribution is 0.495. The number of fused-ring (bicyclic) bond motifs is 1. The maximum Gasteiger partial charge on any atom is 0.203 e. The second-order valence-corrected chi connectivity index (χ2v) is 4.53. The normalized spacial score (nSPS) is 17.2. The van der Waals surface area contributed by atoms with E-state index in [2.05, 4.69) is 20.1 Å². The second kappa shape index (κ2) is 4.25. The minimum Gasteiger partial charge on any atom is -0.387 e. The monoisotopic (exact) mass is 245 g/mol. The van der Waals surface area contributed by atoms with E-state index in [0.717, 1.165) is 37.4 Å². The molecule has 0 unspecified atom stereocenters. The van der Waals surface area contributed by atoms with Gasteiger partial charge in [-0.05, 0) is 12.8 Å². The number of amidine groups is 1. The van der Waals surface area contributed by atoms with Crippen LogP contribution in [0.15, 0.2) is 18.7 Å². The first kappa shape index (κ1) is 10.9. The standard InChI is InChI=1S/C11H15N7/c12-9(13)8-1-4-17(5-2-8)10-11-16-15-7-18(11)6-3-14-10/h3,6-8H,1-2,4-5H2,(H3,12,13). The van der Waals surface area contributed by atoms with Crippen molar-refractivity contribution in [3.8, 4) is 0 Å². The Kier molecular flexibility index (Phi) is 2.58. The summed E-state index contributed by atoms with van der Waals surface area (Å²) in [6.45, 7) is 1.70. The highest BCUT2D eigenvalue weighted by atomic mass is 15.3. The summed E-state index contributed by atoms with van der Waals surface area (Å²) >= 11 is 0. The molecule has 0 aliphatic carbocycles. The molecule has 0 spiro atoms. The van der Waals surface area contributed by atoms with Gasteiger partial charge in [-0.25, -0.2) is 4.98 Å². The van der Waals surface area contributed by atoms with Gasteiger partial charge in [-0.1, -0.05) is 0 Å². The molecule has 0 aromatic carbocycles. The Morgan fingerprint density at radius 3 is 2.89 bits per heavy atom. The van der Waals surface area contributed by atoms with E-state index < -0.39 is 0 Å². The van der Waals surface area contributed by atoms with Crippen LogP contribution in [0.5, 0.6) is 0 Å². The smallest absolute Gasteiger partial charge is 0.203 e. The number of aromatic nitrogens is 4. The van der Waals surface area contributed by atoms with Crippen LogP contribution in [-0.2, 0) is 0 Å². The van der Waals surface area contributed by atoms with E-state index in [9.17, 15) is 0 Å². The minimum absolute atomic E-state index is 0.207. The van der Waals surface area contributed by atoms with Gasteiger partial charge in [0.1, 0.15) is 6.33 Å². The predicted molar refractivity (Wildman–Crippen MR) is 67.6 cm³/mol. The van der Waals surface area contributed by atoms with Crippen LogP contribution in [-0.4, -0.2) is 38.5 Å². The molecular weight excluding hydrogens is 230 g/mol. The molecule has 3 heterocycles. The van der Waals surface area contributed by atoms with Gasteiger partial charge in [0, 0.05) is 31.4 Å². The maximum atomic E-state index is 7.48. The third kappa shape index (κ3) is 1.77. The van der Waals surface area contributed by atoms with E-state index in [1.165, 1.54) is 0 Å². The molecular formula is C11H15N7. The van der Waals surface area contributed by atoms with Crippen molar-refractivity contribution in [3.05, 3.63) is 18.7 Å². The topological polar surface area (TPSA) is 96.2 Å². The van der Waals surface area contributed by atoms with Crippen LogP contribution in [0.1, 0.15) is 12.8 Å². The summed E-state index contributed by atoms with van der Waals surface area (Å²) in [5.41, 5.74) is 6.32. The molecule has 2 aromatic rings. The first-order chi connectivity index (χ1) is 8.75. The average Bonchev–Trinajstić information content (AvgIpc) is 2.87. The van der Waals surface area contributed by atoms with Gasteiger partial charge in [-0.15, -0.1) is 10.2 Å². The largest absolute Gasteiger partial charge is 0.387 e. The fourth-order valence-electron chi connectivity index (χ4n) is 2.37. The Morgan fingerprint density at radius 2 is 2.17 bits per heavy atom. The van der Waals surface area contributed by atoms with Gasteiger partial charge in [-0.3, -0.25) is 9.81 Å². The van der Waals surface area contributed by atoms with Crippen LogP contribution in [0.3, 0.4) is 0 Å². The van der Waals surface area contributed by atoms with Crippen molar-refractivity contribution >= 4 is 17.3 Å². The zero-order valence-corrected chi connectivity index (χ0v) is 9.95. The number of hydrogen-bond donors (Lipinski definition) is 2. The molecule has 0 atom stereocenters. The fraction of sp³-hybridized carbons (Fsp3) is 0.455. The molecule has 18 heavy (non-hydrogen) atoms. The van der Waals surface area contributed by atoms with E-state index in [0.29, 0.717) is 5.84 Å². The molecule has 0 radical (unpaired) electrons. The summed E-state index contributed by atoms with van der Waals surface area (Å²) in [6.07, 6.45) is 7.05. The minimum atomic E-state index is 0.207. The summed E-state index contributed by atoms with van der Waals surface area (Å²) in [5, 5.41) is 15.5. The van der Waals surface area contributed by atoms with Crippen molar-refractivity contribution < 1.29 is 0 Å². The number of nitrogens with one attached hydrogen (secondary N) is 1. The number of rotatable bonds is 2.